The van der Waals surface area contributed by atoms with Crippen molar-refractivity contribution in [3.8, 4) is 0 Å². The smallest absolute Gasteiger partial charge is 0.345 e. The van der Waals surface area contributed by atoms with Crippen LogP contribution in [0.2, 0.25) is 0 Å². The number of benzene rings is 1. The highest BCUT2D eigenvalue weighted by Crippen LogP contribution is 2.58. The van der Waals surface area contributed by atoms with E-state index in [1.54, 1.807) is 58.9 Å². The number of halogens is 1. The second-order valence-electron chi connectivity index (χ2n) is 7.46. The van der Waals surface area contributed by atoms with Gasteiger partial charge in [-0.25, -0.2) is 0 Å². The Morgan fingerprint density at radius 1 is 1.17 bits per heavy atom. The highest BCUT2D eigenvalue weighted by molar-refractivity contribution is 9.10. The van der Waals surface area contributed by atoms with Crippen LogP contribution in [0, 0.1) is 10.1 Å². The molecule has 0 aliphatic heterocycles. The van der Waals surface area contributed by atoms with Crippen LogP contribution in [0.4, 0.5) is 0 Å². The van der Waals surface area contributed by atoms with E-state index in [9.17, 15) is 19.5 Å². The molecule has 0 N–H and O–H groups in total. The topological polar surface area (TPSA) is 105 Å². The Kier molecular flexibility index (Phi) is 9.47. The van der Waals surface area contributed by atoms with Gasteiger partial charge in [-0.2, -0.15) is 0 Å². The molecule has 164 valence electrons. The monoisotopic (exact) mass is 493 g/mol. The Bertz CT molecular complexity index is 738. The highest BCUT2D eigenvalue weighted by atomic mass is 79.9. The number of hydrogen-bond donors (Lipinski definition) is 0. The van der Waals surface area contributed by atoms with Gasteiger partial charge < -0.3 is 13.8 Å². The molecule has 0 aromatic heterocycles. The van der Waals surface area contributed by atoms with Crippen LogP contribution in [-0.4, -0.2) is 41.4 Å². The van der Waals surface area contributed by atoms with Crippen molar-refractivity contribution < 1.29 is 28.1 Å². The molecule has 0 fully saturated rings. The van der Waals surface area contributed by atoms with Crippen molar-refractivity contribution in [2.75, 3.05) is 13.2 Å². The van der Waals surface area contributed by atoms with Crippen molar-refractivity contribution in [1.82, 2.24) is 0 Å². The third-order valence-electron chi connectivity index (χ3n) is 4.05. The molecule has 10 heteroatoms. The fraction of sp³-hybridized carbons (Fsp3) is 0.632. The second kappa shape index (κ2) is 10.7. The predicted octanol–water partition coefficient (Wildman–Crippen LogP) is 5.17. The summed E-state index contributed by atoms with van der Waals surface area (Å²) in [5, 5.41) is 11.7. The third kappa shape index (κ3) is 7.17. The van der Waals surface area contributed by atoms with Crippen molar-refractivity contribution in [2.24, 2.45) is 0 Å². The SMILES string of the molecule is CCOP(=O)(OCC)[C@H](C(=O)OC(C)(C)C)[C@@H](c1ccc(Br)cc1)[C@H](C)[N+](=O)[O-]. The van der Waals surface area contributed by atoms with Crippen molar-refractivity contribution in [3.63, 3.8) is 0 Å². The molecule has 0 bridgehead atoms. The molecule has 0 spiro atoms. The van der Waals surface area contributed by atoms with Gasteiger partial charge in [0.15, 0.2) is 5.66 Å². The largest absolute Gasteiger partial charge is 0.459 e. The fourth-order valence-electron chi connectivity index (χ4n) is 2.93. The van der Waals surface area contributed by atoms with Gasteiger partial charge in [-0.15, -0.1) is 0 Å². The number of rotatable bonds is 10. The lowest BCUT2D eigenvalue weighted by atomic mass is 9.89. The van der Waals surface area contributed by atoms with Gasteiger partial charge in [0.05, 0.1) is 19.1 Å². The van der Waals surface area contributed by atoms with Crippen LogP contribution in [-0.2, 0) is 23.1 Å². The summed E-state index contributed by atoms with van der Waals surface area (Å²) in [6.07, 6.45) is 0. The molecule has 1 aromatic rings. The molecule has 3 atom stereocenters. The van der Waals surface area contributed by atoms with Crippen molar-refractivity contribution in [2.45, 2.75) is 64.8 Å². The highest BCUT2D eigenvalue weighted by Gasteiger charge is 2.53. The Labute approximate surface area is 180 Å². The quantitative estimate of drug-likeness (QED) is 0.191. The van der Waals surface area contributed by atoms with Gasteiger partial charge in [0, 0.05) is 16.3 Å². The van der Waals surface area contributed by atoms with Gasteiger partial charge in [0.1, 0.15) is 5.60 Å². The maximum Gasteiger partial charge on any atom is 0.345 e. The first kappa shape index (κ1) is 25.8. The van der Waals surface area contributed by atoms with E-state index in [1.165, 1.54) is 6.92 Å². The van der Waals surface area contributed by atoms with Crippen LogP contribution in [0.15, 0.2) is 28.7 Å². The number of ether oxygens (including phenoxy) is 1. The number of esters is 1. The third-order valence-corrected chi connectivity index (χ3v) is 7.03. The number of carbonyl (C=O) groups is 1. The number of nitro groups is 1. The summed E-state index contributed by atoms with van der Waals surface area (Å²) in [6, 6.07) is 5.45. The fourth-order valence-corrected chi connectivity index (χ4v) is 5.44. The summed E-state index contributed by atoms with van der Waals surface area (Å²) in [5.41, 5.74) is -1.92. The lowest BCUT2D eigenvalue weighted by Gasteiger charge is -2.33. The van der Waals surface area contributed by atoms with Crippen molar-refractivity contribution >= 4 is 29.5 Å². The summed E-state index contributed by atoms with van der Waals surface area (Å²) in [5.74, 6) is -1.94. The van der Waals surface area contributed by atoms with Gasteiger partial charge in [-0.3, -0.25) is 19.5 Å². The summed E-state index contributed by atoms with van der Waals surface area (Å²) in [4.78, 5) is 24.4. The van der Waals surface area contributed by atoms with Crippen LogP contribution in [0.1, 0.15) is 53.0 Å². The molecule has 0 saturated heterocycles. The van der Waals surface area contributed by atoms with Crippen LogP contribution in [0.5, 0.6) is 0 Å². The van der Waals surface area contributed by atoms with E-state index >= 15 is 0 Å². The predicted molar refractivity (Wildman–Crippen MR) is 114 cm³/mol. The Morgan fingerprint density at radius 3 is 2.03 bits per heavy atom. The molecule has 29 heavy (non-hydrogen) atoms. The molecule has 0 amide bonds. The molecule has 0 radical (unpaired) electrons. The van der Waals surface area contributed by atoms with E-state index in [0.29, 0.717) is 5.56 Å². The van der Waals surface area contributed by atoms with Gasteiger partial charge >= 0.3 is 13.6 Å². The minimum absolute atomic E-state index is 0.0104. The molecular formula is C19H29BrNO7P. The zero-order valence-corrected chi connectivity index (χ0v) is 20.1. The van der Waals surface area contributed by atoms with E-state index in [-0.39, 0.29) is 13.2 Å². The first-order chi connectivity index (χ1) is 13.4. The molecule has 0 aliphatic carbocycles. The Hall–Kier alpha value is -1.28. The van der Waals surface area contributed by atoms with Crippen LogP contribution < -0.4 is 0 Å². The van der Waals surface area contributed by atoms with Crippen LogP contribution in [0.25, 0.3) is 0 Å². The maximum atomic E-state index is 13.7. The lowest BCUT2D eigenvalue weighted by Crippen LogP contribution is -2.42. The average molecular weight is 494 g/mol. The number of hydrogen-bond acceptors (Lipinski definition) is 7. The molecule has 0 aliphatic rings. The molecule has 8 nitrogen and oxygen atoms in total. The van der Waals surface area contributed by atoms with Gasteiger partial charge in [0.25, 0.3) is 0 Å². The number of carbonyl (C=O) groups excluding carboxylic acids is 1. The standard InChI is InChI=1S/C19H29BrNO7P/c1-7-26-29(25,27-8-2)17(18(22)28-19(4,5)6)16(13(3)21(23)24)14-9-11-15(20)12-10-14/h9-13,16-17H,7-8H2,1-6H3/t13-,16+,17-/m0/s1. The minimum atomic E-state index is -4.09. The summed E-state index contributed by atoms with van der Waals surface area (Å²) < 4.78 is 30.8. The van der Waals surface area contributed by atoms with E-state index in [0.717, 1.165) is 4.47 Å². The van der Waals surface area contributed by atoms with Crippen LogP contribution >= 0.6 is 23.5 Å². The number of nitrogens with zero attached hydrogens (tertiary/aromatic N) is 1. The van der Waals surface area contributed by atoms with Gasteiger partial charge in [0.2, 0.25) is 6.04 Å². The molecule has 0 saturated carbocycles. The zero-order valence-electron chi connectivity index (χ0n) is 17.6. The molecule has 0 heterocycles. The Morgan fingerprint density at radius 2 is 1.66 bits per heavy atom. The molecular weight excluding hydrogens is 465 g/mol. The van der Waals surface area contributed by atoms with Gasteiger partial charge in [-0.05, 0) is 52.3 Å². The average Bonchev–Trinajstić information content (AvgIpc) is 2.58. The molecule has 1 aromatic carbocycles. The maximum absolute atomic E-state index is 13.7. The van der Waals surface area contributed by atoms with Gasteiger partial charge in [-0.1, -0.05) is 28.1 Å². The normalized spacial score (nSPS) is 15.4. The first-order valence-corrected chi connectivity index (χ1v) is 11.8. The lowest BCUT2D eigenvalue weighted by molar-refractivity contribution is -0.522. The van der Waals surface area contributed by atoms with E-state index < -0.39 is 41.7 Å². The summed E-state index contributed by atoms with van der Waals surface area (Å²) in [7, 11) is -4.09. The molecule has 0 unspecified atom stereocenters. The van der Waals surface area contributed by atoms with E-state index in [4.69, 9.17) is 13.8 Å². The summed E-state index contributed by atoms with van der Waals surface area (Å²) >= 11 is 3.33. The first-order valence-electron chi connectivity index (χ1n) is 9.36. The molecule has 1 rings (SSSR count). The van der Waals surface area contributed by atoms with Crippen molar-refractivity contribution in [1.29, 1.82) is 0 Å². The van der Waals surface area contributed by atoms with E-state index in [2.05, 4.69) is 15.9 Å². The zero-order chi connectivity index (χ0) is 22.4. The second-order valence-corrected chi connectivity index (χ2v) is 10.5. The summed E-state index contributed by atoms with van der Waals surface area (Å²) in [6.45, 7) is 9.62. The minimum Gasteiger partial charge on any atom is -0.459 e. The van der Waals surface area contributed by atoms with Crippen LogP contribution in [0.3, 0.4) is 0 Å². The van der Waals surface area contributed by atoms with Crippen molar-refractivity contribution in [3.05, 3.63) is 44.4 Å². The van der Waals surface area contributed by atoms with E-state index in [1.807, 2.05) is 0 Å². The Balaban J connectivity index is 3.69.